The third-order valence-electron chi connectivity index (χ3n) is 4.26. The van der Waals surface area contributed by atoms with Gasteiger partial charge >= 0.3 is 5.97 Å². The number of hydrogen-bond donors (Lipinski definition) is 2. The highest BCUT2D eigenvalue weighted by Crippen LogP contribution is 2.29. The quantitative estimate of drug-likeness (QED) is 0.509. The van der Waals surface area contributed by atoms with Gasteiger partial charge in [-0.05, 0) is 48.7 Å². The van der Waals surface area contributed by atoms with Gasteiger partial charge in [0, 0.05) is 17.1 Å². The van der Waals surface area contributed by atoms with Gasteiger partial charge in [0.25, 0.3) is 0 Å². The summed E-state index contributed by atoms with van der Waals surface area (Å²) in [6, 6.07) is 10.2. The average molecular weight is 388 g/mol. The minimum atomic E-state index is -0.527. The molecule has 0 bridgehead atoms. The first-order chi connectivity index (χ1) is 13.3. The summed E-state index contributed by atoms with van der Waals surface area (Å²) >= 11 is 0. The first-order valence-electron chi connectivity index (χ1n) is 8.92. The number of ether oxygens (including phenoxy) is 2. The highest BCUT2D eigenvalue weighted by Gasteiger charge is 2.13. The average Bonchev–Trinajstić information content (AvgIpc) is 2.69. The molecule has 0 saturated carbocycles. The van der Waals surface area contributed by atoms with Gasteiger partial charge in [-0.1, -0.05) is 24.8 Å². The van der Waals surface area contributed by atoms with E-state index >= 15 is 0 Å². The summed E-state index contributed by atoms with van der Waals surface area (Å²) in [5, 5.41) is 18.4. The number of rotatable bonds is 9. The molecule has 2 N–H and O–H groups in total. The minimum absolute atomic E-state index is 0.0495. The van der Waals surface area contributed by atoms with Gasteiger partial charge < -0.3 is 19.7 Å². The number of carbonyl (C=O) groups is 1. The number of halogens is 1. The number of aliphatic hydroxyl groups is 2. The molecule has 2 rings (SSSR count). The lowest BCUT2D eigenvalue weighted by molar-refractivity contribution is -0.140. The standard InChI is InChI=1S/C22H25FO5/c1-14(2)22(26)28-13-19-8-17(18-5-4-15(3)20(23)9-18)6-7-21(19)27-12-16(10-24)11-25/h4-9,16,24-25H,1,10-13H2,2-3H3. The van der Waals surface area contributed by atoms with Crippen molar-refractivity contribution in [1.82, 2.24) is 0 Å². The molecule has 2 aromatic rings. The Bertz CT molecular complexity index is 843. The van der Waals surface area contributed by atoms with Crippen LogP contribution in [-0.2, 0) is 16.1 Å². The molecule has 28 heavy (non-hydrogen) atoms. The van der Waals surface area contributed by atoms with Crippen LogP contribution in [0.15, 0.2) is 48.6 Å². The molecule has 2 aromatic carbocycles. The Labute approximate surface area is 164 Å². The molecular weight excluding hydrogens is 363 g/mol. The molecule has 0 radical (unpaired) electrons. The van der Waals surface area contributed by atoms with E-state index in [1.165, 1.54) is 6.07 Å². The Morgan fingerprint density at radius 3 is 2.39 bits per heavy atom. The zero-order chi connectivity index (χ0) is 20.7. The SMILES string of the molecule is C=C(C)C(=O)OCc1cc(-c2ccc(C)c(F)c2)ccc1OCC(CO)CO. The molecule has 6 heteroatoms. The summed E-state index contributed by atoms with van der Waals surface area (Å²) < 4.78 is 24.9. The molecule has 0 heterocycles. The van der Waals surface area contributed by atoms with Gasteiger partial charge in [0.2, 0.25) is 0 Å². The Morgan fingerprint density at radius 2 is 1.79 bits per heavy atom. The highest BCUT2D eigenvalue weighted by molar-refractivity contribution is 5.87. The zero-order valence-electron chi connectivity index (χ0n) is 16.1. The monoisotopic (exact) mass is 388 g/mol. The summed E-state index contributed by atoms with van der Waals surface area (Å²) in [7, 11) is 0. The molecule has 0 aliphatic rings. The lowest BCUT2D eigenvalue weighted by atomic mass is 10.0. The van der Waals surface area contributed by atoms with E-state index in [-0.39, 0.29) is 37.8 Å². The van der Waals surface area contributed by atoms with Crippen molar-refractivity contribution in [1.29, 1.82) is 0 Å². The van der Waals surface area contributed by atoms with Crippen molar-refractivity contribution in [2.45, 2.75) is 20.5 Å². The van der Waals surface area contributed by atoms with Gasteiger partial charge in [-0.3, -0.25) is 0 Å². The summed E-state index contributed by atoms with van der Waals surface area (Å²) in [6.45, 7) is 6.43. The molecule has 0 unspecified atom stereocenters. The van der Waals surface area contributed by atoms with Gasteiger partial charge in [0.05, 0.1) is 19.8 Å². The van der Waals surface area contributed by atoms with Crippen molar-refractivity contribution in [3.05, 3.63) is 65.5 Å². The molecule has 0 aromatic heterocycles. The molecular formula is C22H25FO5. The van der Waals surface area contributed by atoms with Crippen LogP contribution >= 0.6 is 0 Å². The fourth-order valence-electron chi connectivity index (χ4n) is 2.42. The van der Waals surface area contributed by atoms with Crippen LogP contribution in [0, 0.1) is 18.7 Å². The van der Waals surface area contributed by atoms with Gasteiger partial charge in [-0.25, -0.2) is 9.18 Å². The fraction of sp³-hybridized carbons (Fsp3) is 0.318. The van der Waals surface area contributed by atoms with Crippen LogP contribution in [0.5, 0.6) is 5.75 Å². The van der Waals surface area contributed by atoms with E-state index in [1.54, 1.807) is 38.1 Å². The van der Waals surface area contributed by atoms with Crippen molar-refractivity contribution in [2.24, 2.45) is 5.92 Å². The number of aryl methyl sites for hydroxylation is 1. The van der Waals surface area contributed by atoms with Gasteiger partial charge in [-0.2, -0.15) is 0 Å². The van der Waals surface area contributed by atoms with Crippen LogP contribution in [0.25, 0.3) is 11.1 Å². The molecule has 0 spiro atoms. The van der Waals surface area contributed by atoms with Crippen LogP contribution < -0.4 is 4.74 Å². The van der Waals surface area contributed by atoms with Gasteiger partial charge in [0.1, 0.15) is 18.2 Å². The second kappa shape index (κ2) is 10.0. The normalized spacial score (nSPS) is 10.8. The summed E-state index contributed by atoms with van der Waals surface area (Å²) in [4.78, 5) is 11.7. The first kappa shape index (κ1) is 21.6. The minimum Gasteiger partial charge on any atom is -0.493 e. The maximum atomic E-state index is 13.9. The predicted octanol–water partition coefficient (Wildman–Crippen LogP) is 3.40. The van der Waals surface area contributed by atoms with Crippen LogP contribution in [0.1, 0.15) is 18.1 Å². The Hall–Kier alpha value is -2.70. The summed E-state index contributed by atoms with van der Waals surface area (Å²) in [6.07, 6.45) is 0. The van der Waals surface area contributed by atoms with E-state index in [1.807, 2.05) is 6.07 Å². The topological polar surface area (TPSA) is 76.0 Å². The Kier molecular flexibility index (Phi) is 7.72. The molecule has 0 amide bonds. The van der Waals surface area contributed by atoms with E-state index in [4.69, 9.17) is 9.47 Å². The second-order valence-electron chi connectivity index (χ2n) is 6.69. The highest BCUT2D eigenvalue weighted by atomic mass is 19.1. The number of aliphatic hydroxyl groups excluding tert-OH is 2. The number of esters is 1. The van der Waals surface area contributed by atoms with Crippen LogP contribution in [-0.4, -0.2) is 36.0 Å². The van der Waals surface area contributed by atoms with Crippen LogP contribution in [0.2, 0.25) is 0 Å². The maximum Gasteiger partial charge on any atom is 0.333 e. The van der Waals surface area contributed by atoms with Gasteiger partial charge in [-0.15, -0.1) is 0 Å². The Morgan fingerprint density at radius 1 is 1.14 bits per heavy atom. The molecule has 0 fully saturated rings. The third kappa shape index (κ3) is 5.65. The fourth-order valence-corrected chi connectivity index (χ4v) is 2.42. The molecule has 150 valence electrons. The van der Waals surface area contributed by atoms with Crippen molar-refractivity contribution in [3.63, 3.8) is 0 Å². The van der Waals surface area contributed by atoms with Crippen LogP contribution in [0.4, 0.5) is 4.39 Å². The smallest absolute Gasteiger partial charge is 0.333 e. The van der Waals surface area contributed by atoms with Crippen molar-refractivity contribution < 1.29 is 28.9 Å². The third-order valence-corrected chi connectivity index (χ3v) is 4.26. The molecule has 0 atom stereocenters. The lowest BCUT2D eigenvalue weighted by Gasteiger charge is -2.17. The first-order valence-corrected chi connectivity index (χ1v) is 8.92. The van der Waals surface area contributed by atoms with Crippen molar-refractivity contribution in [2.75, 3.05) is 19.8 Å². The van der Waals surface area contributed by atoms with E-state index in [0.717, 1.165) is 5.56 Å². The zero-order valence-corrected chi connectivity index (χ0v) is 16.1. The predicted molar refractivity (Wildman–Crippen MR) is 104 cm³/mol. The molecule has 5 nitrogen and oxygen atoms in total. The maximum absolute atomic E-state index is 13.9. The van der Waals surface area contributed by atoms with E-state index in [9.17, 15) is 19.4 Å². The largest absolute Gasteiger partial charge is 0.493 e. The van der Waals surface area contributed by atoms with Crippen LogP contribution in [0.3, 0.4) is 0 Å². The van der Waals surface area contributed by atoms with E-state index < -0.39 is 11.9 Å². The van der Waals surface area contributed by atoms with Gasteiger partial charge in [0.15, 0.2) is 0 Å². The lowest BCUT2D eigenvalue weighted by Crippen LogP contribution is -2.20. The van der Waals surface area contributed by atoms with Crippen molar-refractivity contribution >= 4 is 5.97 Å². The summed E-state index contributed by atoms with van der Waals surface area (Å²) in [5.74, 6) is -0.794. The molecule has 0 saturated heterocycles. The second-order valence-corrected chi connectivity index (χ2v) is 6.69. The molecule has 0 aliphatic heterocycles. The molecule has 0 aliphatic carbocycles. The van der Waals surface area contributed by atoms with E-state index in [0.29, 0.717) is 22.4 Å². The summed E-state index contributed by atoms with van der Waals surface area (Å²) in [5.41, 5.74) is 2.85. The van der Waals surface area contributed by atoms with Crippen molar-refractivity contribution in [3.8, 4) is 16.9 Å². The Balaban J connectivity index is 2.31. The van der Waals surface area contributed by atoms with E-state index in [2.05, 4.69) is 6.58 Å². The number of benzene rings is 2. The number of carbonyl (C=O) groups excluding carboxylic acids is 1. The number of hydrogen-bond acceptors (Lipinski definition) is 5.